The Kier molecular flexibility index (Phi) is 3.33. The third-order valence-corrected chi connectivity index (χ3v) is 4.35. The van der Waals surface area contributed by atoms with Crippen LogP contribution in [-0.2, 0) is 5.54 Å². The van der Waals surface area contributed by atoms with Gasteiger partial charge in [0.25, 0.3) is 0 Å². The fourth-order valence-corrected chi connectivity index (χ4v) is 3.18. The minimum absolute atomic E-state index is 0.00451. The van der Waals surface area contributed by atoms with Crippen molar-refractivity contribution in [2.24, 2.45) is 0 Å². The van der Waals surface area contributed by atoms with Gasteiger partial charge in [0, 0.05) is 23.0 Å². The van der Waals surface area contributed by atoms with Crippen molar-refractivity contribution in [2.45, 2.75) is 37.8 Å². The van der Waals surface area contributed by atoms with Gasteiger partial charge in [0.1, 0.15) is 5.82 Å². The zero-order valence-electron chi connectivity index (χ0n) is 11.0. The van der Waals surface area contributed by atoms with Gasteiger partial charge in [-0.15, -0.1) is 0 Å². The second-order valence-corrected chi connectivity index (χ2v) is 5.66. The maximum atomic E-state index is 6.37. The Morgan fingerprint density at radius 1 is 1.37 bits per heavy atom. The van der Waals surface area contributed by atoms with Crippen LogP contribution >= 0.6 is 11.6 Å². The highest BCUT2D eigenvalue weighted by molar-refractivity contribution is 6.31. The number of hydrogen-bond acceptors (Lipinski definition) is 2. The lowest BCUT2D eigenvalue weighted by atomic mass is 9.71. The third-order valence-electron chi connectivity index (χ3n) is 4.02. The molecule has 1 aromatic carbocycles. The van der Waals surface area contributed by atoms with Gasteiger partial charge in [-0.1, -0.05) is 29.8 Å². The van der Waals surface area contributed by atoms with E-state index >= 15 is 0 Å². The molecular formula is C15H18ClN3. The minimum atomic E-state index is 0.00451. The highest BCUT2D eigenvalue weighted by atomic mass is 35.5. The van der Waals surface area contributed by atoms with Crippen LogP contribution in [0.5, 0.6) is 0 Å². The smallest absolute Gasteiger partial charge is 0.122 e. The Morgan fingerprint density at radius 2 is 2.16 bits per heavy atom. The predicted molar refractivity (Wildman–Crippen MR) is 77.1 cm³/mol. The number of benzene rings is 1. The van der Waals surface area contributed by atoms with Gasteiger partial charge in [0.2, 0.25) is 0 Å². The highest BCUT2D eigenvalue weighted by Crippen LogP contribution is 2.45. The summed E-state index contributed by atoms with van der Waals surface area (Å²) < 4.78 is 0. The molecule has 3 nitrogen and oxygen atoms in total. The average Bonchev–Trinajstić information content (AvgIpc) is 2.88. The average molecular weight is 276 g/mol. The van der Waals surface area contributed by atoms with Crippen molar-refractivity contribution >= 4 is 11.6 Å². The van der Waals surface area contributed by atoms with Gasteiger partial charge in [0.15, 0.2) is 0 Å². The van der Waals surface area contributed by atoms with Gasteiger partial charge in [-0.05, 0) is 37.8 Å². The van der Waals surface area contributed by atoms with Crippen LogP contribution in [-0.4, -0.2) is 9.97 Å². The van der Waals surface area contributed by atoms with E-state index in [1.807, 2.05) is 18.3 Å². The minimum Gasteiger partial charge on any atom is -0.347 e. The molecule has 100 valence electrons. The number of halogens is 1. The topological polar surface area (TPSA) is 40.7 Å². The molecule has 1 saturated carbocycles. The number of hydrogen-bond donors (Lipinski definition) is 2. The molecule has 2 aromatic rings. The summed E-state index contributed by atoms with van der Waals surface area (Å²) >= 11 is 6.37. The van der Waals surface area contributed by atoms with E-state index in [9.17, 15) is 0 Å². The lowest BCUT2D eigenvalue weighted by Crippen LogP contribution is -2.49. The van der Waals surface area contributed by atoms with Crippen molar-refractivity contribution in [1.29, 1.82) is 0 Å². The monoisotopic (exact) mass is 275 g/mol. The molecular weight excluding hydrogens is 258 g/mol. The number of aromatic amines is 1. The molecule has 0 radical (unpaired) electrons. The van der Waals surface area contributed by atoms with Crippen LogP contribution < -0.4 is 5.32 Å². The molecule has 0 amide bonds. The van der Waals surface area contributed by atoms with Crippen molar-refractivity contribution in [3.05, 3.63) is 53.1 Å². The Labute approximate surface area is 118 Å². The maximum Gasteiger partial charge on any atom is 0.122 e. The van der Waals surface area contributed by atoms with Crippen LogP contribution in [0.1, 0.15) is 43.6 Å². The van der Waals surface area contributed by atoms with E-state index in [2.05, 4.69) is 34.3 Å². The van der Waals surface area contributed by atoms with Gasteiger partial charge in [0.05, 0.1) is 6.04 Å². The molecule has 4 heteroatoms. The SMILES string of the molecule is CC(NC1(c2ccccc2Cl)CCC1)c1ncc[nH]1. The lowest BCUT2D eigenvalue weighted by molar-refractivity contribution is 0.165. The zero-order chi connectivity index (χ0) is 13.3. The summed E-state index contributed by atoms with van der Waals surface area (Å²) in [7, 11) is 0. The molecule has 1 heterocycles. The zero-order valence-corrected chi connectivity index (χ0v) is 11.7. The maximum absolute atomic E-state index is 6.37. The number of aromatic nitrogens is 2. The fraction of sp³-hybridized carbons (Fsp3) is 0.400. The van der Waals surface area contributed by atoms with Crippen molar-refractivity contribution in [3.63, 3.8) is 0 Å². The molecule has 19 heavy (non-hydrogen) atoms. The van der Waals surface area contributed by atoms with Crippen molar-refractivity contribution in [1.82, 2.24) is 15.3 Å². The fourth-order valence-electron chi connectivity index (χ4n) is 2.87. The molecule has 1 aliphatic rings. The first-order valence-electron chi connectivity index (χ1n) is 6.73. The third kappa shape index (κ3) is 2.28. The van der Waals surface area contributed by atoms with E-state index in [1.165, 1.54) is 12.0 Å². The Balaban J connectivity index is 1.86. The van der Waals surface area contributed by atoms with Crippen LogP contribution in [0.4, 0.5) is 0 Å². The standard InChI is InChI=1S/C15H18ClN3/c1-11(14-17-9-10-18-14)19-15(7-4-8-15)12-5-2-3-6-13(12)16/h2-3,5-6,9-11,19H,4,7-8H2,1H3,(H,17,18). The molecule has 0 saturated heterocycles. The number of rotatable bonds is 4. The van der Waals surface area contributed by atoms with Crippen LogP contribution in [0.2, 0.25) is 5.02 Å². The van der Waals surface area contributed by atoms with Gasteiger partial charge in [-0.3, -0.25) is 5.32 Å². The number of nitrogens with one attached hydrogen (secondary N) is 2. The molecule has 1 aromatic heterocycles. The summed E-state index contributed by atoms with van der Waals surface area (Å²) in [6, 6.07) is 8.32. The summed E-state index contributed by atoms with van der Waals surface area (Å²) in [6.45, 7) is 2.13. The molecule has 0 bridgehead atoms. The molecule has 1 fully saturated rings. The summed E-state index contributed by atoms with van der Waals surface area (Å²) in [5.41, 5.74) is 1.21. The summed E-state index contributed by atoms with van der Waals surface area (Å²) in [6.07, 6.45) is 7.14. The Bertz CT molecular complexity index is 546. The van der Waals surface area contributed by atoms with E-state index in [0.717, 1.165) is 23.7 Å². The first-order valence-corrected chi connectivity index (χ1v) is 7.11. The predicted octanol–water partition coefficient (Wildman–Crippen LogP) is 3.79. The largest absolute Gasteiger partial charge is 0.347 e. The molecule has 1 unspecified atom stereocenters. The van der Waals surface area contributed by atoms with Crippen LogP contribution in [0, 0.1) is 0 Å². The second-order valence-electron chi connectivity index (χ2n) is 5.26. The van der Waals surface area contributed by atoms with Crippen LogP contribution in [0.25, 0.3) is 0 Å². The Hall–Kier alpha value is -1.32. The summed E-state index contributed by atoms with van der Waals surface area (Å²) in [4.78, 5) is 7.49. The van der Waals surface area contributed by atoms with Crippen LogP contribution in [0.15, 0.2) is 36.7 Å². The normalized spacial score (nSPS) is 18.8. The van der Waals surface area contributed by atoms with Crippen molar-refractivity contribution < 1.29 is 0 Å². The molecule has 0 spiro atoms. The van der Waals surface area contributed by atoms with Gasteiger partial charge in [-0.2, -0.15) is 0 Å². The van der Waals surface area contributed by atoms with E-state index in [1.54, 1.807) is 6.20 Å². The quantitative estimate of drug-likeness (QED) is 0.891. The highest BCUT2D eigenvalue weighted by Gasteiger charge is 2.41. The van der Waals surface area contributed by atoms with E-state index in [4.69, 9.17) is 11.6 Å². The van der Waals surface area contributed by atoms with E-state index in [-0.39, 0.29) is 11.6 Å². The van der Waals surface area contributed by atoms with Crippen LogP contribution in [0.3, 0.4) is 0 Å². The number of imidazole rings is 1. The second kappa shape index (κ2) is 4.99. The van der Waals surface area contributed by atoms with Gasteiger partial charge >= 0.3 is 0 Å². The Morgan fingerprint density at radius 3 is 2.74 bits per heavy atom. The number of nitrogens with zero attached hydrogens (tertiary/aromatic N) is 1. The van der Waals surface area contributed by atoms with E-state index in [0.29, 0.717) is 0 Å². The van der Waals surface area contributed by atoms with Crippen molar-refractivity contribution in [3.8, 4) is 0 Å². The lowest BCUT2D eigenvalue weighted by Gasteiger charge is -2.45. The van der Waals surface area contributed by atoms with E-state index < -0.39 is 0 Å². The summed E-state index contributed by atoms with van der Waals surface area (Å²) in [5, 5.41) is 4.56. The van der Waals surface area contributed by atoms with Gasteiger partial charge in [-0.25, -0.2) is 4.98 Å². The molecule has 3 rings (SSSR count). The summed E-state index contributed by atoms with van der Waals surface area (Å²) in [5.74, 6) is 0.971. The van der Waals surface area contributed by atoms with Crippen molar-refractivity contribution in [2.75, 3.05) is 0 Å². The first kappa shape index (κ1) is 12.7. The molecule has 1 atom stereocenters. The first-order chi connectivity index (χ1) is 9.21. The number of H-pyrrole nitrogens is 1. The molecule has 0 aliphatic heterocycles. The molecule has 1 aliphatic carbocycles. The molecule has 2 N–H and O–H groups in total. The van der Waals surface area contributed by atoms with Gasteiger partial charge < -0.3 is 4.98 Å².